The maximum atomic E-state index is 6.16. The molecule has 0 saturated heterocycles. The van der Waals surface area contributed by atoms with Gasteiger partial charge < -0.3 is 15.5 Å². The third-order valence-electron chi connectivity index (χ3n) is 4.53. The summed E-state index contributed by atoms with van der Waals surface area (Å²) in [6.07, 6.45) is 4.80. The second-order valence-electron chi connectivity index (χ2n) is 6.43. The van der Waals surface area contributed by atoms with Crippen molar-refractivity contribution in [1.29, 1.82) is 0 Å². The van der Waals surface area contributed by atoms with E-state index >= 15 is 0 Å². The highest BCUT2D eigenvalue weighted by Gasteiger charge is 2.19. The van der Waals surface area contributed by atoms with E-state index in [2.05, 4.69) is 20.1 Å². The lowest BCUT2D eigenvalue weighted by atomic mass is 10.1. The Morgan fingerprint density at radius 1 is 1.03 bits per heavy atom. The highest BCUT2D eigenvalue weighted by molar-refractivity contribution is 5.87. The maximum absolute atomic E-state index is 6.16. The van der Waals surface area contributed by atoms with Crippen molar-refractivity contribution < 1.29 is 4.74 Å². The Morgan fingerprint density at radius 3 is 2.76 bits per heavy atom. The molecule has 8 heteroatoms. The Labute approximate surface area is 166 Å². The molecule has 0 unspecified atom stereocenters. The number of H-pyrrole nitrogens is 1. The van der Waals surface area contributed by atoms with Crippen LogP contribution in [-0.2, 0) is 6.61 Å². The molecular formula is C21H17N7O. The van der Waals surface area contributed by atoms with Crippen molar-refractivity contribution in [2.45, 2.75) is 6.61 Å². The second kappa shape index (κ2) is 7.08. The molecule has 0 radical (unpaired) electrons. The van der Waals surface area contributed by atoms with Crippen LogP contribution in [0.2, 0.25) is 0 Å². The topological polar surface area (TPSA) is 107 Å². The molecule has 0 aliphatic rings. The lowest BCUT2D eigenvalue weighted by Gasteiger charge is -2.08. The minimum atomic E-state index is 0.343. The van der Waals surface area contributed by atoms with Crippen LogP contribution in [0.15, 0.2) is 73.3 Å². The molecule has 3 aromatic heterocycles. The zero-order chi connectivity index (χ0) is 19.6. The number of ether oxygens (including phenoxy) is 1. The van der Waals surface area contributed by atoms with Crippen LogP contribution >= 0.6 is 0 Å². The molecule has 0 aliphatic heterocycles. The van der Waals surface area contributed by atoms with Crippen molar-refractivity contribution in [3.63, 3.8) is 0 Å². The van der Waals surface area contributed by atoms with Gasteiger partial charge in [0.05, 0.1) is 0 Å². The van der Waals surface area contributed by atoms with Gasteiger partial charge in [-0.3, -0.25) is 0 Å². The largest absolute Gasteiger partial charge is 0.489 e. The van der Waals surface area contributed by atoms with Crippen molar-refractivity contribution in [3.8, 4) is 28.7 Å². The van der Waals surface area contributed by atoms with Crippen molar-refractivity contribution in [2.24, 2.45) is 0 Å². The number of nitrogens with one attached hydrogen (secondary N) is 1. The first-order valence-electron chi connectivity index (χ1n) is 9.06. The van der Waals surface area contributed by atoms with Gasteiger partial charge in [-0.05, 0) is 17.7 Å². The molecule has 5 aromatic rings. The normalized spacial score (nSPS) is 11.0. The fourth-order valence-corrected chi connectivity index (χ4v) is 3.17. The number of nitrogen functional groups attached to an aromatic ring is 1. The summed E-state index contributed by atoms with van der Waals surface area (Å²) in [5, 5.41) is 4.31. The third kappa shape index (κ3) is 3.16. The molecule has 0 saturated carbocycles. The Morgan fingerprint density at radius 2 is 1.93 bits per heavy atom. The molecule has 8 nitrogen and oxygen atoms in total. The molecule has 0 atom stereocenters. The van der Waals surface area contributed by atoms with E-state index in [9.17, 15) is 0 Å². The number of hydrogen-bond donors (Lipinski definition) is 2. The second-order valence-corrected chi connectivity index (χ2v) is 6.43. The standard InChI is InChI=1S/C21H17N7O/c22-19-18-17(27-21(20-23-9-10-24-20)28(18)26-13-25-19)15-7-4-8-16(11-15)29-12-14-5-2-1-3-6-14/h1-11,13H,12H2,(H,23,24)(H2,22,25,26). The number of aromatic amines is 1. The Bertz CT molecular complexity index is 1260. The molecular weight excluding hydrogens is 366 g/mol. The average molecular weight is 383 g/mol. The first kappa shape index (κ1) is 16.9. The fourth-order valence-electron chi connectivity index (χ4n) is 3.17. The lowest BCUT2D eigenvalue weighted by molar-refractivity contribution is 0.306. The van der Waals surface area contributed by atoms with E-state index in [1.165, 1.54) is 6.33 Å². The first-order valence-corrected chi connectivity index (χ1v) is 9.06. The van der Waals surface area contributed by atoms with Crippen LogP contribution in [0.25, 0.3) is 28.4 Å². The number of rotatable bonds is 5. The highest BCUT2D eigenvalue weighted by Crippen LogP contribution is 2.32. The van der Waals surface area contributed by atoms with E-state index in [-0.39, 0.29) is 0 Å². The Hall–Kier alpha value is -4.20. The zero-order valence-electron chi connectivity index (χ0n) is 15.4. The van der Waals surface area contributed by atoms with Crippen LogP contribution in [0.1, 0.15) is 5.56 Å². The molecule has 29 heavy (non-hydrogen) atoms. The summed E-state index contributed by atoms with van der Waals surface area (Å²) < 4.78 is 7.61. The number of anilines is 1. The van der Waals surface area contributed by atoms with Crippen molar-refractivity contribution >= 4 is 11.3 Å². The predicted octanol–water partition coefficient (Wildman–Crippen LogP) is 3.34. The zero-order valence-corrected chi connectivity index (χ0v) is 15.4. The number of nitrogens with two attached hydrogens (primary N) is 1. The summed E-state index contributed by atoms with van der Waals surface area (Å²) in [6, 6.07) is 17.7. The lowest BCUT2D eigenvalue weighted by Crippen LogP contribution is -2.01. The van der Waals surface area contributed by atoms with E-state index in [4.69, 9.17) is 15.5 Å². The van der Waals surface area contributed by atoms with E-state index < -0.39 is 0 Å². The third-order valence-corrected chi connectivity index (χ3v) is 4.53. The minimum absolute atomic E-state index is 0.343. The highest BCUT2D eigenvalue weighted by atomic mass is 16.5. The molecule has 0 aliphatic carbocycles. The molecule has 0 fully saturated rings. The van der Waals surface area contributed by atoms with Crippen molar-refractivity contribution in [2.75, 3.05) is 5.73 Å². The molecule has 3 N–H and O–H groups in total. The molecule has 0 amide bonds. The van der Waals surface area contributed by atoms with Gasteiger partial charge in [0.15, 0.2) is 17.5 Å². The van der Waals surface area contributed by atoms with Gasteiger partial charge in [0, 0.05) is 18.0 Å². The summed E-state index contributed by atoms with van der Waals surface area (Å²) in [6.45, 7) is 0.483. The Kier molecular flexibility index (Phi) is 4.14. The van der Waals surface area contributed by atoms with Gasteiger partial charge in [0.1, 0.15) is 29.9 Å². The smallest absolute Gasteiger partial charge is 0.198 e. The SMILES string of the molecule is Nc1ncnn2c(-c3ncc[nH]3)nc(-c3cccc(OCc4ccccc4)c3)c12. The van der Waals surface area contributed by atoms with Gasteiger partial charge in [-0.2, -0.15) is 5.10 Å². The van der Waals surface area contributed by atoms with Crippen LogP contribution in [0.3, 0.4) is 0 Å². The van der Waals surface area contributed by atoms with Crippen LogP contribution in [-0.4, -0.2) is 29.5 Å². The molecule has 0 bridgehead atoms. The average Bonchev–Trinajstić information content (AvgIpc) is 3.42. The fraction of sp³-hybridized carbons (Fsp3) is 0.0476. The summed E-state index contributed by atoms with van der Waals surface area (Å²) in [5.41, 5.74) is 9.40. The van der Waals surface area contributed by atoms with Crippen LogP contribution in [0.5, 0.6) is 5.75 Å². The minimum Gasteiger partial charge on any atom is -0.489 e. The molecule has 0 spiro atoms. The predicted molar refractivity (Wildman–Crippen MR) is 109 cm³/mol. The van der Waals surface area contributed by atoms with Crippen LogP contribution in [0.4, 0.5) is 5.82 Å². The van der Waals surface area contributed by atoms with Crippen LogP contribution < -0.4 is 10.5 Å². The van der Waals surface area contributed by atoms with E-state index in [0.717, 1.165) is 16.9 Å². The van der Waals surface area contributed by atoms with E-state index in [1.807, 2.05) is 54.6 Å². The quantitative estimate of drug-likeness (QED) is 0.482. The number of nitrogens with zero attached hydrogens (tertiary/aromatic N) is 5. The van der Waals surface area contributed by atoms with Gasteiger partial charge >= 0.3 is 0 Å². The number of fused-ring (bicyclic) bond motifs is 1. The van der Waals surface area contributed by atoms with Crippen molar-refractivity contribution in [3.05, 3.63) is 78.9 Å². The van der Waals surface area contributed by atoms with Crippen LogP contribution in [0, 0.1) is 0 Å². The number of imidazole rings is 2. The van der Waals surface area contributed by atoms with E-state index in [0.29, 0.717) is 35.3 Å². The van der Waals surface area contributed by atoms with E-state index in [1.54, 1.807) is 16.9 Å². The number of aromatic nitrogens is 6. The monoisotopic (exact) mass is 383 g/mol. The molecule has 142 valence electrons. The number of hydrogen-bond acceptors (Lipinski definition) is 6. The maximum Gasteiger partial charge on any atom is 0.198 e. The summed E-state index contributed by atoms with van der Waals surface area (Å²) in [4.78, 5) is 16.2. The number of benzene rings is 2. The van der Waals surface area contributed by atoms with Gasteiger partial charge in [-0.1, -0.05) is 42.5 Å². The van der Waals surface area contributed by atoms with Gasteiger partial charge in [-0.15, -0.1) is 0 Å². The summed E-state index contributed by atoms with van der Waals surface area (Å²) in [7, 11) is 0. The molecule has 5 rings (SSSR count). The summed E-state index contributed by atoms with van der Waals surface area (Å²) in [5.74, 6) is 2.24. The molecule has 3 heterocycles. The van der Waals surface area contributed by atoms with Gasteiger partial charge in [0.25, 0.3) is 0 Å². The first-order chi connectivity index (χ1) is 14.3. The molecule has 2 aromatic carbocycles. The van der Waals surface area contributed by atoms with Gasteiger partial charge in [0.2, 0.25) is 0 Å². The summed E-state index contributed by atoms with van der Waals surface area (Å²) >= 11 is 0. The Balaban J connectivity index is 1.56. The van der Waals surface area contributed by atoms with Crippen molar-refractivity contribution in [1.82, 2.24) is 29.5 Å². The van der Waals surface area contributed by atoms with Gasteiger partial charge in [-0.25, -0.2) is 19.5 Å².